The predicted molar refractivity (Wildman–Crippen MR) is 155 cm³/mol. The Morgan fingerprint density at radius 2 is 1.30 bits per heavy atom. The van der Waals surface area contributed by atoms with E-state index in [1.807, 2.05) is 6.07 Å². The van der Waals surface area contributed by atoms with E-state index in [9.17, 15) is 19.2 Å². The predicted octanol–water partition coefficient (Wildman–Crippen LogP) is 5.94. The Morgan fingerprint density at radius 3 is 1.82 bits per heavy atom. The van der Waals surface area contributed by atoms with Crippen LogP contribution in [0.4, 0.5) is 5.69 Å². The molecule has 0 saturated carbocycles. The molecule has 4 aromatic rings. The van der Waals surface area contributed by atoms with Crippen LogP contribution in [0.25, 0.3) is 5.69 Å². The first-order valence-electron chi connectivity index (χ1n) is 12.0. The largest absolute Gasteiger partial charge is 0.318 e. The minimum Gasteiger partial charge on any atom is -0.318 e. The summed E-state index contributed by atoms with van der Waals surface area (Å²) >= 11 is 24.9. The van der Waals surface area contributed by atoms with E-state index in [-0.39, 0.29) is 43.3 Å². The van der Waals surface area contributed by atoms with Crippen LogP contribution < -0.4 is 10.9 Å². The molecule has 8 nitrogen and oxygen atoms in total. The Kier molecular flexibility index (Phi) is 7.54. The first kappa shape index (κ1) is 28.0. The minimum atomic E-state index is -1.37. The third-order valence-corrected chi connectivity index (χ3v) is 8.62. The number of rotatable bonds is 6. The fourth-order valence-corrected chi connectivity index (χ4v) is 5.72. The van der Waals surface area contributed by atoms with Gasteiger partial charge < -0.3 is 5.32 Å². The molecule has 204 valence electrons. The minimum absolute atomic E-state index is 0.00757. The molecule has 3 amide bonds. The van der Waals surface area contributed by atoms with Crippen molar-refractivity contribution in [2.75, 3.05) is 5.32 Å². The molecule has 5 rings (SSSR count). The quantitative estimate of drug-likeness (QED) is 0.164. The molecule has 1 aliphatic heterocycles. The van der Waals surface area contributed by atoms with Gasteiger partial charge in [-0.05, 0) is 24.6 Å². The van der Waals surface area contributed by atoms with Crippen molar-refractivity contribution in [3.8, 4) is 5.69 Å². The van der Waals surface area contributed by atoms with Crippen LogP contribution in [0.3, 0.4) is 0 Å². The summed E-state index contributed by atoms with van der Waals surface area (Å²) in [7, 11) is 1.68. The third-order valence-electron chi connectivity index (χ3n) is 6.82. The molecule has 1 aromatic heterocycles. The number of halogens is 4. The molecule has 1 atom stereocenters. The molecule has 3 aromatic carbocycles. The molecule has 2 heterocycles. The molecular formula is C28H20Cl4N4O4. The van der Waals surface area contributed by atoms with E-state index < -0.39 is 29.3 Å². The van der Waals surface area contributed by atoms with Crippen LogP contribution in [-0.4, -0.2) is 38.0 Å². The zero-order chi connectivity index (χ0) is 28.9. The van der Waals surface area contributed by atoms with Gasteiger partial charge in [0.05, 0.1) is 42.6 Å². The summed E-state index contributed by atoms with van der Waals surface area (Å²) in [4.78, 5) is 55.3. The average Bonchev–Trinajstić information content (AvgIpc) is 3.33. The number of anilines is 1. The number of hydrogen-bond acceptors (Lipinski definition) is 4. The summed E-state index contributed by atoms with van der Waals surface area (Å²) in [6.45, 7) is 1.67. The van der Waals surface area contributed by atoms with Crippen molar-refractivity contribution in [2.45, 2.75) is 19.4 Å². The van der Waals surface area contributed by atoms with E-state index in [0.29, 0.717) is 16.9 Å². The van der Waals surface area contributed by atoms with E-state index in [4.69, 9.17) is 46.4 Å². The van der Waals surface area contributed by atoms with Crippen LogP contribution in [0.2, 0.25) is 20.1 Å². The number of nitrogens with one attached hydrogen (secondary N) is 1. The number of benzene rings is 3. The fourth-order valence-electron chi connectivity index (χ4n) is 4.71. The van der Waals surface area contributed by atoms with Crippen LogP contribution in [0.5, 0.6) is 0 Å². The molecule has 12 heteroatoms. The van der Waals surface area contributed by atoms with Gasteiger partial charge in [0.1, 0.15) is 11.7 Å². The third kappa shape index (κ3) is 4.51. The second-order valence-corrected chi connectivity index (χ2v) is 10.6. The smallest absolute Gasteiger partial charge is 0.295 e. The Bertz CT molecular complexity index is 1700. The van der Waals surface area contributed by atoms with E-state index in [0.717, 1.165) is 4.90 Å². The lowest BCUT2D eigenvalue weighted by Gasteiger charge is -2.25. The van der Waals surface area contributed by atoms with Gasteiger partial charge in [0.15, 0.2) is 0 Å². The monoisotopic (exact) mass is 616 g/mol. The number of carbonyl (C=O) groups is 3. The van der Waals surface area contributed by atoms with E-state index >= 15 is 0 Å². The summed E-state index contributed by atoms with van der Waals surface area (Å²) in [5, 5.41) is 1.83. The maximum atomic E-state index is 13.9. The van der Waals surface area contributed by atoms with Gasteiger partial charge in [-0.3, -0.25) is 28.8 Å². The van der Waals surface area contributed by atoms with Crippen LogP contribution in [0.15, 0.2) is 65.5 Å². The van der Waals surface area contributed by atoms with Gasteiger partial charge in [-0.2, -0.15) is 0 Å². The van der Waals surface area contributed by atoms with Gasteiger partial charge in [-0.15, -0.1) is 0 Å². The number of aromatic nitrogens is 2. The Morgan fingerprint density at radius 1 is 0.800 bits per heavy atom. The molecule has 0 unspecified atom stereocenters. The summed E-state index contributed by atoms with van der Waals surface area (Å²) in [6, 6.07) is 16.4. The van der Waals surface area contributed by atoms with Gasteiger partial charge in [0, 0.05) is 13.5 Å². The fraction of sp³-hybridized carbons (Fsp3) is 0.143. The number of hydrogen-bond donors (Lipinski definition) is 1. The molecule has 0 bridgehead atoms. The maximum absolute atomic E-state index is 13.9. The summed E-state index contributed by atoms with van der Waals surface area (Å²) in [6.07, 6.45) is -0.0480. The first-order chi connectivity index (χ1) is 19.0. The highest BCUT2D eigenvalue weighted by atomic mass is 35.5. The standard InChI is InChI=1S/C28H20Cl4N4O4/c1-14-24(28(40)36(34(14)2)16-11-7-4-8-12-16)33-25(37)17(13-15-9-5-3-6-10-15)35-26(38)18-19(27(35)39)21(30)23(32)22(31)20(18)29/h3-12,17H,13H2,1-2H3,(H,33,37)/t17-/m0/s1. The van der Waals surface area contributed by atoms with Crippen LogP contribution in [0, 0.1) is 6.92 Å². The summed E-state index contributed by atoms with van der Waals surface area (Å²) < 4.78 is 3.01. The molecule has 0 radical (unpaired) electrons. The lowest BCUT2D eigenvalue weighted by Crippen LogP contribution is -2.49. The number of amides is 3. The van der Waals surface area contributed by atoms with Gasteiger partial charge in [-0.1, -0.05) is 94.9 Å². The summed E-state index contributed by atoms with van der Waals surface area (Å²) in [5.41, 5.74) is 0.779. The van der Waals surface area contributed by atoms with Gasteiger partial charge in [-0.25, -0.2) is 4.68 Å². The van der Waals surface area contributed by atoms with E-state index in [1.54, 1.807) is 73.3 Å². The first-order valence-corrected chi connectivity index (χ1v) is 13.5. The van der Waals surface area contributed by atoms with Gasteiger partial charge >= 0.3 is 0 Å². The second kappa shape index (κ2) is 10.8. The molecular weight excluding hydrogens is 598 g/mol. The number of para-hydroxylation sites is 1. The topological polar surface area (TPSA) is 93.4 Å². The number of carbonyl (C=O) groups excluding carboxylic acids is 3. The van der Waals surface area contributed by atoms with Crippen LogP contribution >= 0.6 is 46.4 Å². The number of nitrogens with zero attached hydrogens (tertiary/aromatic N) is 3. The zero-order valence-electron chi connectivity index (χ0n) is 21.0. The lowest BCUT2D eigenvalue weighted by molar-refractivity contribution is -0.119. The highest BCUT2D eigenvalue weighted by Crippen LogP contribution is 2.45. The second-order valence-electron chi connectivity index (χ2n) is 9.12. The molecule has 0 aliphatic carbocycles. The van der Waals surface area contributed by atoms with Gasteiger partial charge in [0.2, 0.25) is 5.91 Å². The van der Waals surface area contributed by atoms with Crippen LogP contribution in [-0.2, 0) is 18.3 Å². The van der Waals surface area contributed by atoms with E-state index in [1.165, 1.54) is 4.68 Å². The normalized spacial score (nSPS) is 13.5. The molecule has 1 aliphatic rings. The van der Waals surface area contributed by atoms with E-state index in [2.05, 4.69) is 5.32 Å². The summed E-state index contributed by atoms with van der Waals surface area (Å²) in [5.74, 6) is -2.46. The van der Waals surface area contributed by atoms with Crippen molar-refractivity contribution < 1.29 is 14.4 Å². The van der Waals surface area contributed by atoms with Crippen molar-refractivity contribution in [2.24, 2.45) is 7.05 Å². The molecule has 1 N–H and O–H groups in total. The number of fused-ring (bicyclic) bond motifs is 1. The van der Waals surface area contributed by atoms with Crippen molar-refractivity contribution >= 4 is 69.8 Å². The van der Waals surface area contributed by atoms with Crippen molar-refractivity contribution in [3.05, 3.63) is 113 Å². The van der Waals surface area contributed by atoms with Crippen LogP contribution in [0.1, 0.15) is 32.0 Å². The van der Waals surface area contributed by atoms with Gasteiger partial charge in [0.25, 0.3) is 17.4 Å². The number of imide groups is 1. The molecule has 40 heavy (non-hydrogen) atoms. The van der Waals surface area contributed by atoms with Crippen molar-refractivity contribution in [1.29, 1.82) is 0 Å². The Balaban J connectivity index is 1.58. The Labute approximate surface area is 248 Å². The van der Waals surface area contributed by atoms with Crippen molar-refractivity contribution in [3.63, 3.8) is 0 Å². The molecule has 0 spiro atoms. The highest BCUT2D eigenvalue weighted by molar-refractivity contribution is 6.55. The molecule has 0 fully saturated rings. The van der Waals surface area contributed by atoms with Crippen molar-refractivity contribution in [1.82, 2.24) is 14.3 Å². The SMILES string of the molecule is Cc1c(NC(=O)[C@H](Cc2ccccc2)N2C(=O)c3c(Cl)c(Cl)c(Cl)c(Cl)c3C2=O)c(=O)n(-c2ccccc2)n1C. The zero-order valence-corrected chi connectivity index (χ0v) is 24.1. The lowest BCUT2D eigenvalue weighted by atomic mass is 10.0. The molecule has 0 saturated heterocycles. The maximum Gasteiger partial charge on any atom is 0.295 e. The Hall–Kier alpha value is -3.56. The highest BCUT2D eigenvalue weighted by Gasteiger charge is 2.47. The average molecular weight is 618 g/mol.